The van der Waals surface area contributed by atoms with Gasteiger partial charge >= 0.3 is 17.1 Å². The first-order valence-corrected chi connectivity index (χ1v) is 6.88. The molecule has 0 spiro atoms. The topological polar surface area (TPSA) is 257 Å². The second-order valence-electron chi connectivity index (χ2n) is 4.29. The first-order valence-electron chi connectivity index (χ1n) is 6.88. The fraction of sp³-hybridized carbons (Fsp3) is 0.429. The molecule has 1 fully saturated rings. The van der Waals surface area contributed by atoms with Crippen LogP contribution in [0.2, 0.25) is 0 Å². The van der Waals surface area contributed by atoms with E-state index in [2.05, 4.69) is 10.6 Å². The van der Waals surface area contributed by atoms with Gasteiger partial charge in [0.15, 0.2) is 0 Å². The molecular weight excluding hydrogens is 416 g/mol. The monoisotopic (exact) mass is 443 g/mol. The van der Waals surface area contributed by atoms with Crippen LogP contribution in [0.5, 0.6) is 0 Å². The van der Waals surface area contributed by atoms with E-state index in [-0.39, 0.29) is 52.8 Å². The molecule has 13 heteroatoms. The number of hydrogen-bond donors (Lipinski definition) is 5. The van der Waals surface area contributed by atoms with E-state index in [0.717, 1.165) is 25.9 Å². The summed E-state index contributed by atoms with van der Waals surface area (Å²) >= 11 is 0. The minimum absolute atomic E-state index is 0. The number of carbonyl (C=O) groups excluding carboxylic acids is 1. The second kappa shape index (κ2) is 25.8. The van der Waals surface area contributed by atoms with Gasteiger partial charge in [-0.05, 0) is 23.7 Å². The van der Waals surface area contributed by atoms with Crippen molar-refractivity contribution in [2.45, 2.75) is 12.8 Å². The number of carbonyl (C=O) groups is 3. The average Bonchev–Trinajstić information content (AvgIpc) is 2.58. The number of piperidine rings is 1. The van der Waals surface area contributed by atoms with Crippen molar-refractivity contribution < 1.29 is 57.7 Å². The van der Waals surface area contributed by atoms with Crippen molar-refractivity contribution in [1.29, 1.82) is 5.41 Å². The summed E-state index contributed by atoms with van der Waals surface area (Å²) in [5.41, 5.74) is 5.55. The Bertz CT molecular complexity index is 448. The number of carboxylic acid groups (broad SMARTS) is 2. The molecule has 12 N–H and O–H groups in total. The largest absolute Gasteiger partial charge is 2.00 e. The summed E-state index contributed by atoms with van der Waals surface area (Å²) in [6.07, 6.45) is 6.67. The van der Waals surface area contributed by atoms with Crippen LogP contribution in [0.25, 0.3) is 5.32 Å². The molecule has 0 unspecified atom stereocenters. The number of nitrogens with zero attached hydrogens (tertiary/aromatic N) is 1. The maximum Gasteiger partial charge on any atom is 2.00 e. The van der Waals surface area contributed by atoms with Gasteiger partial charge in [-0.15, -0.1) is 13.1 Å². The first-order chi connectivity index (χ1) is 11.4. The van der Waals surface area contributed by atoms with Gasteiger partial charge in [-0.25, -0.2) is 0 Å². The van der Waals surface area contributed by atoms with E-state index in [1.54, 1.807) is 18.4 Å². The summed E-state index contributed by atoms with van der Waals surface area (Å²) in [7, 11) is 0. The van der Waals surface area contributed by atoms with Crippen LogP contribution in [0.4, 0.5) is 0 Å². The van der Waals surface area contributed by atoms with Gasteiger partial charge in [0.1, 0.15) is 0 Å². The minimum Gasteiger partial charge on any atom is -0.859 e. The van der Waals surface area contributed by atoms with E-state index >= 15 is 0 Å². The normalized spacial score (nSPS) is 13.6. The van der Waals surface area contributed by atoms with E-state index in [9.17, 15) is 9.90 Å². The Morgan fingerprint density at radius 3 is 1.93 bits per heavy atom. The van der Waals surface area contributed by atoms with Crippen molar-refractivity contribution >= 4 is 24.7 Å². The molecule has 27 heavy (non-hydrogen) atoms. The number of rotatable bonds is 2. The minimum atomic E-state index is -0.618. The van der Waals surface area contributed by atoms with Gasteiger partial charge in [0, 0.05) is 12.5 Å². The number of dihydropyridines is 1. The molecule has 0 aromatic heterocycles. The molecule has 0 saturated carbocycles. The number of hydrogen-bond acceptors (Lipinski definition) is 6. The zero-order valence-corrected chi connectivity index (χ0v) is 15.4. The third kappa shape index (κ3) is 23.6. The molecular formula is C14H28CuN4O8+2. The van der Waals surface area contributed by atoms with Gasteiger partial charge in [-0.2, -0.15) is 0 Å². The maximum atomic E-state index is 10.5. The van der Waals surface area contributed by atoms with Crippen molar-refractivity contribution in [3.8, 4) is 0 Å². The first kappa shape index (κ1) is 35.6. The van der Waals surface area contributed by atoms with Crippen LogP contribution in [0.15, 0.2) is 23.9 Å². The van der Waals surface area contributed by atoms with Crippen molar-refractivity contribution in [3.05, 3.63) is 29.2 Å². The molecule has 0 aliphatic carbocycles. The molecule has 1 amide bonds. The molecule has 2 heterocycles. The summed E-state index contributed by atoms with van der Waals surface area (Å²) in [6.45, 7) is 1.78. The van der Waals surface area contributed by atoms with Gasteiger partial charge in [0.2, 0.25) is 5.91 Å². The molecule has 0 bridgehead atoms. The number of nitrogens with two attached hydrogens (primary N) is 1. The third-order valence-electron chi connectivity index (χ3n) is 2.76. The number of nitrogens with one attached hydrogen (secondary N) is 2. The van der Waals surface area contributed by atoms with E-state index in [1.807, 2.05) is 0 Å². The summed E-state index contributed by atoms with van der Waals surface area (Å²) in [4.78, 5) is 27.3. The Kier molecular flexibility index (Phi) is 34.0. The van der Waals surface area contributed by atoms with E-state index in [1.165, 1.54) is 0 Å². The molecule has 161 valence electrons. The van der Waals surface area contributed by atoms with Crippen molar-refractivity contribution in [2.24, 2.45) is 11.7 Å². The zero-order chi connectivity index (χ0) is 18.8. The van der Waals surface area contributed by atoms with Crippen LogP contribution in [0.3, 0.4) is 0 Å². The molecule has 0 aromatic carbocycles. The van der Waals surface area contributed by atoms with Crippen LogP contribution in [0.1, 0.15) is 12.8 Å². The molecule has 0 atom stereocenters. The Morgan fingerprint density at radius 2 is 1.70 bits per heavy atom. The van der Waals surface area contributed by atoms with Crippen LogP contribution >= 0.6 is 0 Å². The van der Waals surface area contributed by atoms with Gasteiger partial charge in [-0.3, -0.25) is 14.4 Å². The maximum absolute atomic E-state index is 10.5. The van der Waals surface area contributed by atoms with Crippen LogP contribution in [-0.4, -0.2) is 54.6 Å². The predicted octanol–water partition coefficient (Wildman–Crippen LogP) is -2.82. The molecule has 1 saturated heterocycles. The number of primary amides is 1. The number of amides is 1. The molecule has 2 aliphatic rings. The fourth-order valence-corrected chi connectivity index (χ4v) is 1.66. The SMILES string of the molecule is N=C([O-])C1=CCNC=C1.NC(=O)C1CC[N-]CC1.O=CO.O=CO.[Cu+2].[OH3+].[OH3+]. The van der Waals surface area contributed by atoms with Crippen molar-refractivity contribution in [3.63, 3.8) is 0 Å². The van der Waals surface area contributed by atoms with Crippen molar-refractivity contribution in [1.82, 2.24) is 5.32 Å². The zero-order valence-electron chi connectivity index (χ0n) is 14.5. The molecule has 12 nitrogen and oxygen atoms in total. The third-order valence-corrected chi connectivity index (χ3v) is 2.76. The standard InChI is InChI=1S/C6H11N2O.C6H8N2O.2CH2O2.Cu.2H2O/c2*7-6(9)5-1-3-8-4-2-5;2*2-1-3;;;/h5H,1-4H2,(H2,7,9);1-3,8H,4H2,(H2,7,9);2*1H,(H,2,3);;2*1H2/q-1;;;;+2;;/p+1. The Morgan fingerprint density at radius 1 is 1.26 bits per heavy atom. The Hall–Kier alpha value is -2.44. The summed E-state index contributed by atoms with van der Waals surface area (Å²) in [6, 6.07) is 0. The molecule has 2 rings (SSSR count). The van der Waals surface area contributed by atoms with E-state index < -0.39 is 5.90 Å². The van der Waals surface area contributed by atoms with Crippen molar-refractivity contribution in [2.75, 3.05) is 19.6 Å². The Labute approximate surface area is 167 Å². The molecule has 2 aliphatic heterocycles. The van der Waals surface area contributed by atoms with E-state index in [4.69, 9.17) is 30.9 Å². The Balaban J connectivity index is -0.0000000856. The molecule has 1 radical (unpaired) electrons. The molecule has 0 aromatic rings. The summed E-state index contributed by atoms with van der Waals surface area (Å²) in [5.74, 6) is -0.680. The van der Waals surface area contributed by atoms with E-state index in [0.29, 0.717) is 12.1 Å². The quantitative estimate of drug-likeness (QED) is 0.0980. The van der Waals surface area contributed by atoms with Crippen LogP contribution in [-0.2, 0) is 42.4 Å². The summed E-state index contributed by atoms with van der Waals surface area (Å²) in [5, 5.41) is 37.8. The van der Waals surface area contributed by atoms with Gasteiger partial charge in [-0.1, -0.05) is 18.9 Å². The van der Waals surface area contributed by atoms with Gasteiger partial charge in [0.05, 0.1) is 0 Å². The predicted molar refractivity (Wildman–Crippen MR) is 95.1 cm³/mol. The van der Waals surface area contributed by atoms with Gasteiger partial charge in [0.25, 0.3) is 12.9 Å². The fourth-order valence-electron chi connectivity index (χ4n) is 1.66. The average molecular weight is 444 g/mol. The van der Waals surface area contributed by atoms with Gasteiger partial charge < -0.3 is 48.0 Å². The van der Waals surface area contributed by atoms with Crippen LogP contribution in [0, 0.1) is 11.3 Å². The second-order valence-corrected chi connectivity index (χ2v) is 4.29. The summed E-state index contributed by atoms with van der Waals surface area (Å²) < 4.78 is 0. The smallest absolute Gasteiger partial charge is 0.859 e. The van der Waals surface area contributed by atoms with Crippen LogP contribution < -0.4 is 16.2 Å².